The molecule has 0 heterocycles. The van der Waals surface area contributed by atoms with Crippen LogP contribution in [0.2, 0.25) is 0 Å². The number of nitro groups is 1. The molecule has 0 aromatic heterocycles. The molecule has 2 N–H and O–H groups in total. The molecular weight excluding hydrogens is 684 g/mol. The number of carbonyl (C=O) groups is 7. The second kappa shape index (κ2) is 24.1. The maximum atomic E-state index is 11.5. The highest BCUT2D eigenvalue weighted by Crippen LogP contribution is 2.22. The van der Waals surface area contributed by atoms with Gasteiger partial charge in [-0.05, 0) is 59.6 Å². The van der Waals surface area contributed by atoms with Gasteiger partial charge in [0.15, 0.2) is 25.0 Å². The van der Waals surface area contributed by atoms with Crippen LogP contribution in [0.15, 0.2) is 54.6 Å². The van der Waals surface area contributed by atoms with E-state index in [1.54, 1.807) is 43.5 Å². The number of esters is 2. The van der Waals surface area contributed by atoms with Gasteiger partial charge in [0.2, 0.25) is 0 Å². The number of halogens is 1. The number of Topliss-reactive ketones (excluding diaryl/α,β-unsaturated/α-hetero) is 1. The lowest BCUT2D eigenvalue weighted by molar-refractivity contribution is -0.385. The minimum Gasteiger partial charge on any atom is -0.497 e. The Hall–Kier alpha value is -6.16. The number of methoxy groups -OCH3 is 3. The molecule has 0 fully saturated rings. The summed E-state index contributed by atoms with van der Waals surface area (Å²) in [5.74, 6) is 0.341. The number of benzene rings is 3. The molecule has 3 rings (SSSR count). The number of rotatable bonds is 13. The highest BCUT2D eigenvalue weighted by atomic mass is 35.5. The highest BCUT2D eigenvalue weighted by Gasteiger charge is 2.13. The largest absolute Gasteiger partial charge is 0.497 e. The Labute approximate surface area is 291 Å². The maximum absolute atomic E-state index is 11.5. The molecular formula is C33H35ClN2O14. The third-order valence-corrected chi connectivity index (χ3v) is 5.78. The van der Waals surface area contributed by atoms with Crippen LogP contribution in [0.5, 0.6) is 17.2 Å². The zero-order valence-corrected chi connectivity index (χ0v) is 28.4. The highest BCUT2D eigenvalue weighted by molar-refractivity contribution is 6.64. The van der Waals surface area contributed by atoms with E-state index >= 15 is 0 Å². The molecule has 17 heteroatoms. The predicted octanol–water partition coefficient (Wildman–Crippen LogP) is 4.00. The van der Waals surface area contributed by atoms with Crippen molar-refractivity contribution >= 4 is 64.8 Å². The zero-order chi connectivity index (χ0) is 38.2. The van der Waals surface area contributed by atoms with E-state index in [-0.39, 0.29) is 36.7 Å². The summed E-state index contributed by atoms with van der Waals surface area (Å²) in [6, 6.07) is 13.8. The van der Waals surface area contributed by atoms with E-state index < -0.39 is 22.1 Å². The standard InChI is InChI=1S/C13H14O5.C8H7NO4.C8H9NO2.C4H5ClO3/c1-9(15)18-8-12(16)5-10-3-4-13(17-2)6-11(10)7-14;1-13-7-2-3-8(9(11)12)6(4-7)5-10;1-11-7-2-3-8(9)6(4-7)5-10;1-3(6)8-2-4(5)7/h3-4,6-7H,5,8H2,1-2H3;2-5H,1H3;2-5H,9H2,1H3;2H2,1H3. The number of aldehydes is 3. The lowest BCUT2D eigenvalue weighted by atomic mass is 10.0. The molecule has 268 valence electrons. The van der Waals surface area contributed by atoms with Crippen LogP contribution < -0.4 is 19.9 Å². The van der Waals surface area contributed by atoms with Crippen molar-refractivity contribution in [1.29, 1.82) is 0 Å². The number of carbonyl (C=O) groups excluding carboxylic acids is 7. The van der Waals surface area contributed by atoms with Crippen molar-refractivity contribution in [3.63, 3.8) is 0 Å². The predicted molar refractivity (Wildman–Crippen MR) is 179 cm³/mol. The van der Waals surface area contributed by atoms with Crippen molar-refractivity contribution in [1.82, 2.24) is 0 Å². The summed E-state index contributed by atoms with van der Waals surface area (Å²) in [5, 5.41) is 9.72. The van der Waals surface area contributed by atoms with E-state index in [1.807, 2.05) is 0 Å². The molecule has 0 atom stereocenters. The van der Waals surface area contributed by atoms with E-state index in [0.717, 1.165) is 0 Å². The van der Waals surface area contributed by atoms with Crippen LogP contribution in [0.1, 0.15) is 50.5 Å². The van der Waals surface area contributed by atoms with Crippen LogP contribution in [0.25, 0.3) is 0 Å². The van der Waals surface area contributed by atoms with Crippen molar-refractivity contribution in [3.8, 4) is 17.2 Å². The zero-order valence-electron chi connectivity index (χ0n) is 27.7. The molecule has 16 nitrogen and oxygen atoms in total. The van der Waals surface area contributed by atoms with Gasteiger partial charge < -0.3 is 29.4 Å². The first kappa shape index (κ1) is 43.8. The SMILES string of the molecule is CC(=O)OCC(=O)Cl.COc1ccc(CC(=O)COC(C)=O)c(C=O)c1.COc1ccc(N)c(C=O)c1.COc1ccc([N+](=O)[O-])c(C=O)c1. The third-order valence-electron chi connectivity index (χ3n) is 5.67. The van der Waals surface area contributed by atoms with Gasteiger partial charge in [-0.15, -0.1) is 0 Å². The number of hydrogen-bond acceptors (Lipinski definition) is 15. The van der Waals surface area contributed by atoms with Crippen molar-refractivity contribution in [3.05, 3.63) is 87.0 Å². The summed E-state index contributed by atoms with van der Waals surface area (Å²) in [7, 11) is 4.46. The first-order valence-corrected chi connectivity index (χ1v) is 14.3. The van der Waals surface area contributed by atoms with E-state index in [9.17, 15) is 43.7 Å². The molecule has 0 unspecified atom stereocenters. The van der Waals surface area contributed by atoms with Gasteiger partial charge in [-0.25, -0.2) is 0 Å². The molecule has 3 aromatic rings. The first-order valence-electron chi connectivity index (χ1n) is 13.9. The average molecular weight is 719 g/mol. The number of nitrogen functional groups attached to an aromatic ring is 1. The Balaban J connectivity index is 0.000000668. The normalized spacial score (nSPS) is 9.24. The summed E-state index contributed by atoms with van der Waals surface area (Å²) in [6.45, 7) is 1.83. The molecule has 0 saturated carbocycles. The van der Waals surface area contributed by atoms with Gasteiger partial charge in [0.25, 0.3) is 10.9 Å². The molecule has 0 spiro atoms. The van der Waals surface area contributed by atoms with Gasteiger partial charge in [-0.1, -0.05) is 6.07 Å². The molecule has 0 aliphatic carbocycles. The van der Waals surface area contributed by atoms with Crippen LogP contribution in [0, 0.1) is 10.1 Å². The van der Waals surface area contributed by atoms with Gasteiger partial charge in [0.1, 0.15) is 30.1 Å². The smallest absolute Gasteiger partial charge is 0.303 e. The number of hydrogen-bond donors (Lipinski definition) is 1. The number of anilines is 1. The Kier molecular flexibility index (Phi) is 21.1. The maximum Gasteiger partial charge on any atom is 0.303 e. The van der Waals surface area contributed by atoms with Crippen molar-refractivity contribution in [2.45, 2.75) is 20.3 Å². The van der Waals surface area contributed by atoms with Crippen molar-refractivity contribution in [2.24, 2.45) is 0 Å². The summed E-state index contributed by atoms with van der Waals surface area (Å²) in [6.07, 6.45) is 1.85. The van der Waals surface area contributed by atoms with Crippen LogP contribution in [-0.2, 0) is 35.1 Å². The Bertz CT molecular complexity index is 1650. The molecule has 0 aliphatic rings. The van der Waals surface area contributed by atoms with Crippen molar-refractivity contribution < 1.29 is 62.2 Å². The van der Waals surface area contributed by atoms with Gasteiger partial charge in [0, 0.05) is 43.1 Å². The molecule has 0 aliphatic heterocycles. The third kappa shape index (κ3) is 17.7. The Morgan fingerprint density at radius 1 is 0.720 bits per heavy atom. The quantitative estimate of drug-likeness (QED) is 0.0656. The van der Waals surface area contributed by atoms with E-state index in [0.29, 0.717) is 58.5 Å². The molecule has 3 aromatic carbocycles. The molecule has 0 radical (unpaired) electrons. The summed E-state index contributed by atoms with van der Waals surface area (Å²) >= 11 is 4.81. The fourth-order valence-electron chi connectivity index (χ4n) is 3.28. The number of nitro benzene ring substituents is 1. The van der Waals surface area contributed by atoms with Crippen LogP contribution in [0.3, 0.4) is 0 Å². The average Bonchev–Trinajstić information content (AvgIpc) is 3.10. The molecule has 0 amide bonds. The van der Waals surface area contributed by atoms with E-state index in [2.05, 4.69) is 9.47 Å². The minimum absolute atomic E-state index is 0.0179. The van der Waals surface area contributed by atoms with Gasteiger partial charge in [-0.3, -0.25) is 43.7 Å². The lowest BCUT2D eigenvalue weighted by Gasteiger charge is -2.07. The summed E-state index contributed by atoms with van der Waals surface area (Å²) in [4.78, 5) is 83.3. The lowest BCUT2D eigenvalue weighted by Crippen LogP contribution is -2.14. The van der Waals surface area contributed by atoms with E-state index in [4.69, 9.17) is 31.5 Å². The molecule has 0 saturated heterocycles. The fraction of sp³-hybridized carbons (Fsp3) is 0.242. The second-order valence-corrected chi connectivity index (χ2v) is 9.65. The van der Waals surface area contributed by atoms with Crippen molar-refractivity contribution in [2.75, 3.05) is 40.3 Å². The van der Waals surface area contributed by atoms with Gasteiger partial charge in [-0.2, -0.15) is 0 Å². The monoisotopic (exact) mass is 718 g/mol. The number of nitrogens with two attached hydrogens (primary N) is 1. The fourth-order valence-corrected chi connectivity index (χ4v) is 3.33. The van der Waals surface area contributed by atoms with Gasteiger partial charge in [0.05, 0.1) is 31.8 Å². The minimum atomic E-state index is -0.666. The topological polar surface area (TPSA) is 235 Å². The first-order chi connectivity index (χ1) is 23.6. The van der Waals surface area contributed by atoms with Crippen LogP contribution in [0.4, 0.5) is 11.4 Å². The molecule has 0 bridgehead atoms. The number of nitrogens with zero attached hydrogens (tertiary/aromatic N) is 1. The second-order valence-electron chi connectivity index (χ2n) is 9.23. The summed E-state index contributed by atoms with van der Waals surface area (Å²) < 4.78 is 23.5. The van der Waals surface area contributed by atoms with Gasteiger partial charge >= 0.3 is 11.9 Å². The number of ether oxygens (including phenoxy) is 5. The van der Waals surface area contributed by atoms with Crippen LogP contribution >= 0.6 is 11.6 Å². The number of ketones is 1. The Morgan fingerprint density at radius 3 is 1.58 bits per heavy atom. The van der Waals surface area contributed by atoms with E-state index in [1.165, 1.54) is 46.3 Å². The van der Waals surface area contributed by atoms with Crippen LogP contribution in [-0.4, -0.2) is 81.3 Å². The Morgan fingerprint density at radius 2 is 1.16 bits per heavy atom. The summed E-state index contributed by atoms with van der Waals surface area (Å²) in [5.41, 5.74) is 7.19. The molecule has 50 heavy (non-hydrogen) atoms.